The van der Waals surface area contributed by atoms with Gasteiger partial charge in [-0.05, 0) is 30.5 Å². The summed E-state index contributed by atoms with van der Waals surface area (Å²) < 4.78 is 6.68. The van der Waals surface area contributed by atoms with Gasteiger partial charge >= 0.3 is 0 Å². The van der Waals surface area contributed by atoms with Crippen LogP contribution >= 0.6 is 28.3 Å². The molecular weight excluding hydrogens is 356 g/mol. The molecule has 21 heavy (non-hydrogen) atoms. The highest BCUT2D eigenvalue weighted by atomic mass is 79.9. The molecule has 0 radical (unpaired) electrons. The fourth-order valence-corrected chi connectivity index (χ4v) is 1.94. The topological polar surface area (TPSA) is 64.4 Å². The van der Waals surface area contributed by atoms with Crippen LogP contribution in [-0.2, 0) is 4.79 Å². The molecule has 3 N–H and O–H groups in total. The van der Waals surface area contributed by atoms with Gasteiger partial charge in [-0.2, -0.15) is 0 Å². The minimum absolute atomic E-state index is 0. The van der Waals surface area contributed by atoms with Crippen LogP contribution < -0.4 is 15.8 Å². The highest BCUT2D eigenvalue weighted by Gasteiger charge is 2.27. The number of hydrogen-bond acceptors (Lipinski definition) is 3. The Morgan fingerprint density at radius 2 is 2.05 bits per heavy atom. The average Bonchev–Trinajstić information content (AvgIpc) is 2.34. The Morgan fingerprint density at radius 1 is 1.43 bits per heavy atom. The Bertz CT molecular complexity index is 463. The van der Waals surface area contributed by atoms with Crippen molar-refractivity contribution >= 4 is 34.2 Å². The Kier molecular flexibility index (Phi) is 8.29. The van der Waals surface area contributed by atoms with Crippen molar-refractivity contribution in [2.45, 2.75) is 39.8 Å². The Hall–Kier alpha value is -0.780. The summed E-state index contributed by atoms with van der Waals surface area (Å²) in [5, 5.41) is 2.82. The number of amides is 1. The first kappa shape index (κ1) is 20.2. The van der Waals surface area contributed by atoms with Gasteiger partial charge in [0.2, 0.25) is 5.91 Å². The fraction of sp³-hybridized carbons (Fsp3) is 0.533. The molecule has 120 valence electrons. The predicted octanol–water partition coefficient (Wildman–Crippen LogP) is 3.13. The first-order valence-electron chi connectivity index (χ1n) is 6.65. The van der Waals surface area contributed by atoms with Gasteiger partial charge < -0.3 is 15.8 Å². The van der Waals surface area contributed by atoms with Crippen molar-refractivity contribution in [3.63, 3.8) is 0 Å². The molecular formula is C15H24BrClN2O2. The van der Waals surface area contributed by atoms with Gasteiger partial charge in [0.15, 0.2) is 0 Å². The highest BCUT2D eigenvalue weighted by Crippen LogP contribution is 2.19. The number of carbonyl (C=O) groups excluding carboxylic acids is 1. The number of rotatable bonds is 5. The summed E-state index contributed by atoms with van der Waals surface area (Å²) >= 11 is 3.39. The summed E-state index contributed by atoms with van der Waals surface area (Å²) in [6, 6.07) is 7.08. The van der Waals surface area contributed by atoms with Crippen molar-refractivity contribution in [3.8, 4) is 5.75 Å². The van der Waals surface area contributed by atoms with Crippen molar-refractivity contribution in [1.82, 2.24) is 5.32 Å². The number of carbonyl (C=O) groups is 1. The maximum absolute atomic E-state index is 11.9. The Morgan fingerprint density at radius 3 is 2.57 bits per heavy atom. The molecule has 0 heterocycles. The van der Waals surface area contributed by atoms with E-state index in [0.29, 0.717) is 6.54 Å². The van der Waals surface area contributed by atoms with E-state index in [1.807, 2.05) is 52.0 Å². The van der Waals surface area contributed by atoms with E-state index < -0.39 is 6.04 Å². The van der Waals surface area contributed by atoms with E-state index in [2.05, 4.69) is 21.2 Å². The van der Waals surface area contributed by atoms with E-state index in [1.165, 1.54) is 0 Å². The molecule has 0 saturated heterocycles. The van der Waals surface area contributed by atoms with Crippen LogP contribution in [0.15, 0.2) is 28.7 Å². The predicted molar refractivity (Wildman–Crippen MR) is 91.9 cm³/mol. The third kappa shape index (κ3) is 7.16. The molecule has 0 aliphatic heterocycles. The second-order valence-corrected chi connectivity index (χ2v) is 6.89. The summed E-state index contributed by atoms with van der Waals surface area (Å²) in [4.78, 5) is 11.9. The molecule has 0 aliphatic rings. The maximum atomic E-state index is 11.9. The number of halogens is 2. The molecule has 0 aliphatic carbocycles. The van der Waals surface area contributed by atoms with Gasteiger partial charge in [-0.15, -0.1) is 12.4 Å². The van der Waals surface area contributed by atoms with Crippen molar-refractivity contribution in [2.24, 2.45) is 11.1 Å². The monoisotopic (exact) mass is 378 g/mol. The molecule has 0 aromatic heterocycles. The first-order valence-corrected chi connectivity index (χ1v) is 7.45. The van der Waals surface area contributed by atoms with Crippen LogP contribution in [0.5, 0.6) is 5.75 Å². The smallest absolute Gasteiger partial charge is 0.237 e. The summed E-state index contributed by atoms with van der Waals surface area (Å²) in [6.07, 6.45) is -0.125. The quantitative estimate of drug-likeness (QED) is 0.826. The number of nitrogens with one attached hydrogen (secondary N) is 1. The lowest BCUT2D eigenvalue weighted by molar-refractivity contribution is -0.124. The molecule has 0 spiro atoms. The van der Waals surface area contributed by atoms with E-state index in [9.17, 15) is 4.79 Å². The van der Waals surface area contributed by atoms with E-state index >= 15 is 0 Å². The molecule has 1 aromatic carbocycles. The van der Waals surface area contributed by atoms with Crippen molar-refractivity contribution in [2.75, 3.05) is 6.54 Å². The maximum Gasteiger partial charge on any atom is 0.237 e. The van der Waals surface area contributed by atoms with Crippen LogP contribution in [0.1, 0.15) is 27.7 Å². The van der Waals surface area contributed by atoms with Crippen molar-refractivity contribution in [1.29, 1.82) is 0 Å². The van der Waals surface area contributed by atoms with Gasteiger partial charge in [0.1, 0.15) is 11.9 Å². The van der Waals surface area contributed by atoms with E-state index in [4.69, 9.17) is 10.5 Å². The van der Waals surface area contributed by atoms with Gasteiger partial charge in [-0.3, -0.25) is 4.79 Å². The average molecular weight is 380 g/mol. The second kappa shape index (κ2) is 8.61. The standard InChI is InChI=1S/C15H23BrN2O2.ClH/c1-10(20-12-7-5-6-11(16)8-12)9-18-14(19)13(17)15(2,3)4;/h5-8,10,13H,9,17H2,1-4H3,(H,18,19);1H/t10?,13-;/m1./s1. The van der Waals surface area contributed by atoms with Crippen molar-refractivity contribution in [3.05, 3.63) is 28.7 Å². The minimum atomic E-state index is -0.527. The zero-order valence-corrected chi connectivity index (χ0v) is 15.3. The van der Waals surface area contributed by atoms with Crippen LogP contribution in [0.3, 0.4) is 0 Å². The van der Waals surface area contributed by atoms with Crippen LogP contribution in [0, 0.1) is 5.41 Å². The number of benzene rings is 1. The van der Waals surface area contributed by atoms with E-state index in [0.717, 1.165) is 10.2 Å². The van der Waals surface area contributed by atoms with Crippen LogP contribution in [-0.4, -0.2) is 24.6 Å². The van der Waals surface area contributed by atoms with E-state index in [-0.39, 0.29) is 29.8 Å². The summed E-state index contributed by atoms with van der Waals surface area (Å²) in [7, 11) is 0. The minimum Gasteiger partial charge on any atom is -0.489 e. The molecule has 1 rings (SSSR count). The number of nitrogens with two attached hydrogens (primary N) is 1. The zero-order valence-electron chi connectivity index (χ0n) is 12.9. The second-order valence-electron chi connectivity index (χ2n) is 5.97. The Balaban J connectivity index is 0.00000400. The van der Waals surface area contributed by atoms with Gasteiger partial charge in [-0.25, -0.2) is 0 Å². The molecule has 4 nitrogen and oxygen atoms in total. The molecule has 2 atom stereocenters. The molecule has 0 saturated carbocycles. The van der Waals surface area contributed by atoms with Crippen LogP contribution in [0.4, 0.5) is 0 Å². The largest absolute Gasteiger partial charge is 0.489 e. The van der Waals surface area contributed by atoms with Crippen LogP contribution in [0.2, 0.25) is 0 Å². The van der Waals surface area contributed by atoms with Gasteiger partial charge in [0.25, 0.3) is 0 Å². The first-order chi connectivity index (χ1) is 9.20. The zero-order chi connectivity index (χ0) is 15.3. The summed E-state index contributed by atoms with van der Waals surface area (Å²) in [6.45, 7) is 8.16. The van der Waals surface area contributed by atoms with Gasteiger partial charge in [-0.1, -0.05) is 42.8 Å². The third-order valence-electron chi connectivity index (χ3n) is 2.91. The third-order valence-corrected chi connectivity index (χ3v) is 3.41. The lowest BCUT2D eigenvalue weighted by atomic mass is 9.87. The van der Waals surface area contributed by atoms with Crippen molar-refractivity contribution < 1.29 is 9.53 Å². The SMILES string of the molecule is CC(CNC(=O)[C@@H](N)C(C)(C)C)Oc1cccc(Br)c1.Cl. The summed E-state index contributed by atoms with van der Waals surface area (Å²) in [5.74, 6) is 0.614. The molecule has 6 heteroatoms. The molecule has 1 amide bonds. The fourth-order valence-electron chi connectivity index (χ4n) is 1.56. The van der Waals surface area contributed by atoms with Gasteiger partial charge in [0, 0.05) is 4.47 Å². The molecule has 1 aromatic rings. The lowest BCUT2D eigenvalue weighted by Crippen LogP contribution is -2.50. The number of ether oxygens (including phenoxy) is 1. The Labute approximate surface area is 141 Å². The van der Waals surface area contributed by atoms with E-state index in [1.54, 1.807) is 0 Å². The molecule has 1 unspecified atom stereocenters. The number of hydrogen-bond donors (Lipinski definition) is 2. The lowest BCUT2D eigenvalue weighted by Gasteiger charge is -2.26. The normalized spacial score (nSPS) is 13.8. The molecule has 0 fully saturated rings. The summed E-state index contributed by atoms with van der Waals surface area (Å²) in [5.41, 5.74) is 5.64. The van der Waals surface area contributed by atoms with Crippen LogP contribution in [0.25, 0.3) is 0 Å². The molecule has 0 bridgehead atoms. The van der Waals surface area contributed by atoms with Gasteiger partial charge in [0.05, 0.1) is 12.6 Å². The highest BCUT2D eigenvalue weighted by molar-refractivity contribution is 9.10.